The van der Waals surface area contributed by atoms with E-state index in [0.717, 1.165) is 31.2 Å². The molecule has 0 amide bonds. The summed E-state index contributed by atoms with van der Waals surface area (Å²) in [6, 6.07) is 8.54. The van der Waals surface area contributed by atoms with Crippen LogP contribution in [0.25, 0.3) is 0 Å². The van der Waals surface area contributed by atoms with E-state index < -0.39 is 0 Å². The molecule has 2 atom stereocenters. The van der Waals surface area contributed by atoms with E-state index in [2.05, 4.69) is 57.3 Å². The fourth-order valence-electron chi connectivity index (χ4n) is 2.79. The minimum atomic E-state index is 0.706. The van der Waals surface area contributed by atoms with Crippen LogP contribution in [0.3, 0.4) is 0 Å². The van der Waals surface area contributed by atoms with Gasteiger partial charge in [0.05, 0.1) is 7.11 Å². The van der Waals surface area contributed by atoms with Gasteiger partial charge in [0.15, 0.2) is 0 Å². The van der Waals surface area contributed by atoms with Crippen molar-refractivity contribution in [3.05, 3.63) is 29.8 Å². The lowest BCUT2D eigenvalue weighted by molar-refractivity contribution is 0.313. The first-order valence-corrected chi connectivity index (χ1v) is 8.40. The van der Waals surface area contributed by atoms with Gasteiger partial charge < -0.3 is 10.1 Å². The Morgan fingerprint density at radius 1 is 1.05 bits per heavy atom. The maximum Gasteiger partial charge on any atom is 0.118 e. The fourth-order valence-corrected chi connectivity index (χ4v) is 2.79. The highest BCUT2D eigenvalue weighted by Crippen LogP contribution is 2.22. The Morgan fingerprint density at radius 2 is 1.71 bits per heavy atom. The molecule has 2 heteroatoms. The summed E-state index contributed by atoms with van der Waals surface area (Å²) < 4.78 is 5.24. The SMILES string of the molecule is CCCC(C)C(CNCC(C)C)Cc1ccc(OC)cc1. The van der Waals surface area contributed by atoms with Gasteiger partial charge in [0.1, 0.15) is 5.75 Å². The highest BCUT2D eigenvalue weighted by molar-refractivity contribution is 5.27. The second kappa shape index (κ2) is 9.83. The van der Waals surface area contributed by atoms with Crippen molar-refractivity contribution in [2.75, 3.05) is 20.2 Å². The van der Waals surface area contributed by atoms with Crippen LogP contribution in [0, 0.1) is 17.8 Å². The molecule has 1 aromatic carbocycles. The minimum absolute atomic E-state index is 0.706. The van der Waals surface area contributed by atoms with Gasteiger partial charge in [-0.05, 0) is 55.0 Å². The van der Waals surface area contributed by atoms with Gasteiger partial charge >= 0.3 is 0 Å². The van der Waals surface area contributed by atoms with Crippen LogP contribution in [-0.2, 0) is 6.42 Å². The number of hydrogen-bond acceptors (Lipinski definition) is 2. The molecule has 0 aliphatic carbocycles. The summed E-state index contributed by atoms with van der Waals surface area (Å²) in [6.45, 7) is 11.4. The summed E-state index contributed by atoms with van der Waals surface area (Å²) in [6.07, 6.45) is 3.73. The summed E-state index contributed by atoms with van der Waals surface area (Å²) in [4.78, 5) is 0. The second-order valence-electron chi connectivity index (χ2n) is 6.63. The second-order valence-corrected chi connectivity index (χ2v) is 6.63. The van der Waals surface area contributed by atoms with E-state index in [1.807, 2.05) is 0 Å². The third-order valence-corrected chi connectivity index (χ3v) is 4.16. The molecule has 1 N–H and O–H groups in total. The number of methoxy groups -OCH3 is 1. The summed E-state index contributed by atoms with van der Waals surface area (Å²) in [5, 5.41) is 3.64. The van der Waals surface area contributed by atoms with Gasteiger partial charge in [0, 0.05) is 0 Å². The highest BCUT2D eigenvalue weighted by Gasteiger charge is 2.17. The molecule has 0 saturated heterocycles. The zero-order valence-electron chi connectivity index (χ0n) is 14.5. The van der Waals surface area contributed by atoms with Gasteiger partial charge in [-0.3, -0.25) is 0 Å². The van der Waals surface area contributed by atoms with E-state index in [9.17, 15) is 0 Å². The Hall–Kier alpha value is -1.02. The van der Waals surface area contributed by atoms with Crippen molar-refractivity contribution in [2.24, 2.45) is 17.8 Å². The van der Waals surface area contributed by atoms with Crippen LogP contribution in [0.15, 0.2) is 24.3 Å². The molecule has 0 saturated carbocycles. The monoisotopic (exact) mass is 291 g/mol. The van der Waals surface area contributed by atoms with E-state index in [0.29, 0.717) is 11.8 Å². The predicted octanol–water partition coefficient (Wildman–Crippen LogP) is 4.54. The van der Waals surface area contributed by atoms with Gasteiger partial charge in [-0.15, -0.1) is 0 Å². The van der Waals surface area contributed by atoms with E-state index in [1.165, 1.54) is 18.4 Å². The molecule has 1 rings (SSSR count). The molecule has 2 nitrogen and oxygen atoms in total. The fraction of sp³-hybridized carbons (Fsp3) is 0.684. The minimum Gasteiger partial charge on any atom is -0.497 e. The maximum atomic E-state index is 5.24. The Bertz CT molecular complexity index is 372. The van der Waals surface area contributed by atoms with E-state index in [1.54, 1.807) is 7.11 Å². The lowest BCUT2D eigenvalue weighted by Crippen LogP contribution is -2.31. The molecular weight excluding hydrogens is 258 g/mol. The van der Waals surface area contributed by atoms with Crippen LogP contribution in [0.4, 0.5) is 0 Å². The number of hydrogen-bond donors (Lipinski definition) is 1. The van der Waals surface area contributed by atoms with Crippen LogP contribution < -0.4 is 10.1 Å². The first-order chi connectivity index (χ1) is 10.1. The molecule has 120 valence electrons. The molecule has 0 aromatic heterocycles. The van der Waals surface area contributed by atoms with Crippen molar-refractivity contribution in [3.8, 4) is 5.75 Å². The number of rotatable bonds is 10. The van der Waals surface area contributed by atoms with Crippen molar-refractivity contribution in [2.45, 2.75) is 47.0 Å². The van der Waals surface area contributed by atoms with Crippen LogP contribution >= 0.6 is 0 Å². The zero-order chi connectivity index (χ0) is 15.7. The Morgan fingerprint density at radius 3 is 2.24 bits per heavy atom. The molecule has 0 heterocycles. The van der Waals surface area contributed by atoms with Gasteiger partial charge in [-0.2, -0.15) is 0 Å². The van der Waals surface area contributed by atoms with E-state index in [-0.39, 0.29) is 0 Å². The van der Waals surface area contributed by atoms with Gasteiger partial charge in [-0.1, -0.05) is 52.7 Å². The van der Waals surface area contributed by atoms with Crippen molar-refractivity contribution < 1.29 is 4.74 Å². The Balaban J connectivity index is 2.61. The Kier molecular flexibility index (Phi) is 8.44. The average molecular weight is 291 g/mol. The normalized spacial score (nSPS) is 14.2. The topological polar surface area (TPSA) is 21.3 Å². The standard InChI is InChI=1S/C19H33NO/c1-6-7-16(4)18(14-20-13-15(2)3)12-17-8-10-19(21-5)11-9-17/h8-11,15-16,18,20H,6-7,12-14H2,1-5H3. The molecule has 2 unspecified atom stereocenters. The van der Waals surface area contributed by atoms with Crippen molar-refractivity contribution >= 4 is 0 Å². The number of ether oxygens (including phenoxy) is 1. The largest absolute Gasteiger partial charge is 0.497 e. The maximum absolute atomic E-state index is 5.24. The Labute approximate surface area is 131 Å². The summed E-state index contributed by atoms with van der Waals surface area (Å²) in [7, 11) is 1.72. The molecule has 0 aliphatic rings. The molecular formula is C19H33NO. The van der Waals surface area contributed by atoms with E-state index >= 15 is 0 Å². The smallest absolute Gasteiger partial charge is 0.118 e. The molecule has 0 spiro atoms. The van der Waals surface area contributed by atoms with Gasteiger partial charge in [0.25, 0.3) is 0 Å². The van der Waals surface area contributed by atoms with Gasteiger partial charge in [0.2, 0.25) is 0 Å². The van der Waals surface area contributed by atoms with Crippen LogP contribution in [0.2, 0.25) is 0 Å². The van der Waals surface area contributed by atoms with Crippen molar-refractivity contribution in [3.63, 3.8) is 0 Å². The molecule has 0 bridgehead atoms. The number of nitrogens with one attached hydrogen (secondary N) is 1. The summed E-state index contributed by atoms with van der Waals surface area (Å²) >= 11 is 0. The molecule has 0 aliphatic heterocycles. The molecule has 21 heavy (non-hydrogen) atoms. The molecule has 0 radical (unpaired) electrons. The first kappa shape index (κ1) is 18.0. The van der Waals surface area contributed by atoms with Crippen molar-refractivity contribution in [1.29, 1.82) is 0 Å². The summed E-state index contributed by atoms with van der Waals surface area (Å²) in [5.74, 6) is 3.12. The summed E-state index contributed by atoms with van der Waals surface area (Å²) in [5.41, 5.74) is 1.41. The van der Waals surface area contributed by atoms with E-state index in [4.69, 9.17) is 4.74 Å². The molecule has 1 aromatic rings. The van der Waals surface area contributed by atoms with Crippen LogP contribution in [-0.4, -0.2) is 20.2 Å². The quantitative estimate of drug-likeness (QED) is 0.683. The lowest BCUT2D eigenvalue weighted by Gasteiger charge is -2.25. The number of benzene rings is 1. The third-order valence-electron chi connectivity index (χ3n) is 4.16. The first-order valence-electron chi connectivity index (χ1n) is 8.40. The zero-order valence-corrected chi connectivity index (χ0v) is 14.5. The average Bonchev–Trinajstić information content (AvgIpc) is 2.47. The van der Waals surface area contributed by atoms with Crippen LogP contribution in [0.1, 0.15) is 46.1 Å². The predicted molar refractivity (Wildman–Crippen MR) is 92.0 cm³/mol. The lowest BCUT2D eigenvalue weighted by atomic mass is 9.85. The van der Waals surface area contributed by atoms with Crippen molar-refractivity contribution in [1.82, 2.24) is 5.32 Å². The third kappa shape index (κ3) is 6.99. The van der Waals surface area contributed by atoms with Gasteiger partial charge in [-0.25, -0.2) is 0 Å². The molecule has 0 fully saturated rings. The van der Waals surface area contributed by atoms with Crippen LogP contribution in [0.5, 0.6) is 5.75 Å². The highest BCUT2D eigenvalue weighted by atomic mass is 16.5.